The van der Waals surface area contributed by atoms with Gasteiger partial charge < -0.3 is 4.98 Å². The third kappa shape index (κ3) is 3.59. The summed E-state index contributed by atoms with van der Waals surface area (Å²) in [7, 11) is 0. The van der Waals surface area contributed by atoms with E-state index in [1.807, 2.05) is 0 Å². The molecule has 1 heterocycles. The van der Waals surface area contributed by atoms with E-state index in [1.165, 1.54) is 42.6 Å². The van der Waals surface area contributed by atoms with Gasteiger partial charge in [0, 0.05) is 18.3 Å². The number of hydrogen-bond acceptors (Lipinski definition) is 4. The number of nitrogens with zero attached hydrogens (tertiary/aromatic N) is 2. The summed E-state index contributed by atoms with van der Waals surface area (Å²) in [5, 5.41) is 13.8. The van der Waals surface area contributed by atoms with Crippen LogP contribution in [0.25, 0.3) is 0 Å². The van der Waals surface area contributed by atoms with E-state index < -0.39 is 16.8 Å². The average Bonchev–Trinajstić information content (AvgIpc) is 2.91. The number of halogens is 3. The highest BCUT2D eigenvalue weighted by Crippen LogP contribution is 2.22. The summed E-state index contributed by atoms with van der Waals surface area (Å²) >= 11 is 0. The van der Waals surface area contributed by atoms with Crippen LogP contribution in [0.4, 0.5) is 24.5 Å². The Bertz CT molecular complexity index is 648. The van der Waals surface area contributed by atoms with Gasteiger partial charge in [0.05, 0.1) is 16.3 Å². The number of hydrazone groups is 1. The van der Waals surface area contributed by atoms with Crippen molar-refractivity contribution in [2.75, 3.05) is 5.43 Å². The number of aromatic nitrogens is 1. The van der Waals surface area contributed by atoms with Crippen LogP contribution in [0.15, 0.2) is 47.7 Å². The van der Waals surface area contributed by atoms with Crippen LogP contribution in [0.1, 0.15) is 5.69 Å². The first-order chi connectivity index (χ1) is 9.88. The van der Waals surface area contributed by atoms with Crippen molar-refractivity contribution in [2.45, 2.75) is 6.18 Å². The quantitative estimate of drug-likeness (QED) is 0.516. The van der Waals surface area contributed by atoms with Gasteiger partial charge in [-0.1, -0.05) is 0 Å². The van der Waals surface area contributed by atoms with Crippen LogP contribution in [-0.2, 0) is 0 Å². The molecule has 0 saturated heterocycles. The van der Waals surface area contributed by atoms with Crippen molar-refractivity contribution < 1.29 is 18.1 Å². The van der Waals surface area contributed by atoms with E-state index in [0.29, 0.717) is 0 Å². The molecule has 0 aliphatic carbocycles. The Labute approximate surface area is 116 Å². The molecule has 0 saturated carbocycles. The van der Waals surface area contributed by atoms with Crippen LogP contribution in [0, 0.1) is 10.1 Å². The van der Waals surface area contributed by atoms with Crippen molar-refractivity contribution in [3.8, 4) is 0 Å². The Balaban J connectivity index is 2.22. The minimum atomic E-state index is -4.64. The van der Waals surface area contributed by atoms with Crippen molar-refractivity contribution >= 4 is 17.1 Å². The van der Waals surface area contributed by atoms with Gasteiger partial charge >= 0.3 is 6.18 Å². The first-order valence-electron chi connectivity index (χ1n) is 5.67. The zero-order valence-corrected chi connectivity index (χ0v) is 10.4. The van der Waals surface area contributed by atoms with Gasteiger partial charge in [0.1, 0.15) is 0 Å². The summed E-state index contributed by atoms with van der Waals surface area (Å²) in [6.07, 6.45) is -3.29. The summed E-state index contributed by atoms with van der Waals surface area (Å²) in [6.45, 7) is 0. The molecule has 2 aromatic rings. The summed E-state index contributed by atoms with van der Waals surface area (Å²) < 4.78 is 38.6. The van der Waals surface area contributed by atoms with Crippen LogP contribution in [0.2, 0.25) is 0 Å². The van der Waals surface area contributed by atoms with Gasteiger partial charge in [-0.3, -0.25) is 15.5 Å². The predicted octanol–water partition coefficient (Wildman–Crippen LogP) is 3.30. The number of hydrogen-bond donors (Lipinski definition) is 2. The smallest absolute Gasteiger partial charge is 0.360 e. The second-order valence-corrected chi connectivity index (χ2v) is 3.96. The first-order valence-corrected chi connectivity index (χ1v) is 5.67. The second-order valence-electron chi connectivity index (χ2n) is 3.96. The molecule has 0 unspecified atom stereocenters. The molecular formula is C12H9F3N4O2. The molecule has 2 rings (SSSR count). The van der Waals surface area contributed by atoms with Gasteiger partial charge in [-0.2, -0.15) is 18.3 Å². The van der Waals surface area contributed by atoms with Crippen LogP contribution < -0.4 is 5.43 Å². The maximum atomic E-state index is 12.9. The molecule has 1 aromatic carbocycles. The number of rotatable bonds is 4. The zero-order chi connectivity index (χ0) is 15.5. The Hall–Kier alpha value is -2.84. The van der Waals surface area contributed by atoms with Crippen molar-refractivity contribution in [1.82, 2.24) is 4.98 Å². The monoisotopic (exact) mass is 298 g/mol. The number of nitrogens with one attached hydrogen (secondary N) is 2. The number of H-pyrrole nitrogens is 1. The largest absolute Gasteiger partial charge is 0.437 e. The number of nitro benzene ring substituents is 1. The molecule has 0 spiro atoms. The highest BCUT2D eigenvalue weighted by Gasteiger charge is 2.37. The van der Waals surface area contributed by atoms with E-state index in [9.17, 15) is 23.3 Å². The fourth-order valence-corrected chi connectivity index (χ4v) is 1.53. The maximum absolute atomic E-state index is 12.9. The van der Waals surface area contributed by atoms with E-state index in [0.717, 1.165) is 0 Å². The minimum absolute atomic E-state index is 0.162. The fourth-order valence-electron chi connectivity index (χ4n) is 1.53. The average molecular weight is 298 g/mol. The Morgan fingerprint density at radius 1 is 1.24 bits per heavy atom. The van der Waals surface area contributed by atoms with Crippen molar-refractivity contribution in [3.63, 3.8) is 0 Å². The lowest BCUT2D eigenvalue weighted by atomic mass is 10.2. The van der Waals surface area contributed by atoms with Gasteiger partial charge in [0.25, 0.3) is 5.69 Å². The number of benzene rings is 1. The molecule has 0 bridgehead atoms. The van der Waals surface area contributed by atoms with Gasteiger partial charge in [-0.15, -0.1) is 0 Å². The number of alkyl halides is 3. The first kappa shape index (κ1) is 14.6. The summed E-state index contributed by atoms with van der Waals surface area (Å²) in [5.41, 5.74) is 0.969. The minimum Gasteiger partial charge on any atom is -0.360 e. The van der Waals surface area contributed by atoms with E-state index in [2.05, 4.69) is 15.5 Å². The number of nitro groups is 1. The lowest BCUT2D eigenvalue weighted by Crippen LogP contribution is -2.25. The number of non-ortho nitro benzene ring substituents is 1. The Morgan fingerprint density at radius 3 is 2.38 bits per heavy atom. The molecule has 1 aromatic heterocycles. The lowest BCUT2D eigenvalue weighted by Gasteiger charge is -2.09. The van der Waals surface area contributed by atoms with E-state index in [1.54, 1.807) is 0 Å². The topological polar surface area (TPSA) is 83.3 Å². The van der Waals surface area contributed by atoms with Crippen LogP contribution >= 0.6 is 0 Å². The molecule has 9 heteroatoms. The predicted molar refractivity (Wildman–Crippen MR) is 70.1 cm³/mol. The standard InChI is InChI=1S/C12H9F3N4O2/c13-12(14,15)11(10-2-1-7-16-10)18-17-8-3-5-9(6-4-8)19(20)21/h1-7,16-17H/b18-11-. The van der Waals surface area contributed by atoms with Gasteiger partial charge in [0.15, 0.2) is 5.71 Å². The van der Waals surface area contributed by atoms with Crippen molar-refractivity contribution in [1.29, 1.82) is 0 Å². The molecule has 110 valence electrons. The van der Waals surface area contributed by atoms with Crippen LogP contribution in [-0.4, -0.2) is 21.8 Å². The van der Waals surface area contributed by atoms with Crippen molar-refractivity contribution in [2.24, 2.45) is 5.10 Å². The van der Waals surface area contributed by atoms with E-state index >= 15 is 0 Å². The molecule has 0 aliphatic heterocycles. The highest BCUT2D eigenvalue weighted by atomic mass is 19.4. The maximum Gasteiger partial charge on any atom is 0.437 e. The van der Waals surface area contributed by atoms with Gasteiger partial charge in [0.2, 0.25) is 0 Å². The SMILES string of the molecule is O=[N+]([O-])c1ccc(N/N=C(/c2ccc[nH]2)C(F)(F)F)cc1. The van der Waals surface area contributed by atoms with Gasteiger partial charge in [-0.25, -0.2) is 0 Å². The summed E-state index contributed by atoms with van der Waals surface area (Å²) in [6, 6.07) is 7.53. The molecule has 0 atom stereocenters. The molecule has 0 radical (unpaired) electrons. The van der Waals surface area contributed by atoms with E-state index in [-0.39, 0.29) is 17.1 Å². The molecule has 0 aliphatic rings. The van der Waals surface area contributed by atoms with Crippen LogP contribution in [0.5, 0.6) is 0 Å². The molecular weight excluding hydrogens is 289 g/mol. The Morgan fingerprint density at radius 2 is 1.90 bits per heavy atom. The van der Waals surface area contributed by atoms with E-state index in [4.69, 9.17) is 0 Å². The molecule has 6 nitrogen and oxygen atoms in total. The third-order valence-electron chi connectivity index (χ3n) is 2.50. The lowest BCUT2D eigenvalue weighted by molar-refractivity contribution is -0.384. The Kier molecular flexibility index (Phi) is 3.92. The molecule has 0 fully saturated rings. The summed E-state index contributed by atoms with van der Waals surface area (Å²) in [5.74, 6) is 0. The number of anilines is 1. The number of aromatic amines is 1. The molecule has 21 heavy (non-hydrogen) atoms. The normalized spacial score (nSPS) is 12.2. The zero-order valence-electron chi connectivity index (χ0n) is 10.4. The highest BCUT2D eigenvalue weighted by molar-refractivity contribution is 6.03. The molecule has 0 amide bonds. The second kappa shape index (κ2) is 5.65. The van der Waals surface area contributed by atoms with Gasteiger partial charge in [-0.05, 0) is 24.3 Å². The third-order valence-corrected chi connectivity index (χ3v) is 2.50. The van der Waals surface area contributed by atoms with Crippen LogP contribution in [0.3, 0.4) is 0 Å². The summed E-state index contributed by atoms with van der Waals surface area (Å²) in [4.78, 5) is 12.3. The molecule has 2 N–H and O–H groups in total. The fraction of sp³-hybridized carbons (Fsp3) is 0.0833. The van der Waals surface area contributed by atoms with Crippen molar-refractivity contribution in [3.05, 3.63) is 58.4 Å².